The van der Waals surface area contributed by atoms with E-state index in [0.29, 0.717) is 11.5 Å². The zero-order valence-corrected chi connectivity index (χ0v) is 13.5. The van der Waals surface area contributed by atoms with E-state index in [9.17, 15) is 4.79 Å². The molecule has 0 bridgehead atoms. The first-order valence-corrected chi connectivity index (χ1v) is 8.61. The number of aromatic nitrogens is 1. The Bertz CT molecular complexity index is 914. The van der Waals surface area contributed by atoms with Crippen molar-refractivity contribution in [1.29, 1.82) is 0 Å². The molecule has 0 saturated heterocycles. The van der Waals surface area contributed by atoms with E-state index in [1.54, 1.807) is 12.4 Å². The summed E-state index contributed by atoms with van der Waals surface area (Å²) in [5, 5.41) is 4.60. The maximum absolute atomic E-state index is 11.8. The number of nitrogens with two attached hydrogens (primary N) is 1. The molecule has 0 spiro atoms. The molecule has 2 N–H and O–H groups in total. The maximum atomic E-state index is 11.8. The third kappa shape index (κ3) is 2.43. The summed E-state index contributed by atoms with van der Waals surface area (Å²) in [5.74, 6) is 0.322. The van der Waals surface area contributed by atoms with Crippen LogP contribution in [0.3, 0.4) is 0 Å². The van der Waals surface area contributed by atoms with Crippen LogP contribution < -0.4 is 10.5 Å². The number of carbonyl (C=O) groups excluding carboxylic acids is 1. The molecule has 23 heavy (non-hydrogen) atoms. The van der Waals surface area contributed by atoms with E-state index in [4.69, 9.17) is 10.5 Å². The van der Waals surface area contributed by atoms with Crippen LogP contribution in [0, 0.1) is 0 Å². The SMILES string of the molecule is NC(=O)c1scc(-c2ccc3c(c2)N=CCO3)c1-c1nccs1. The zero-order chi connectivity index (χ0) is 15.8. The fourth-order valence-electron chi connectivity index (χ4n) is 2.48. The van der Waals surface area contributed by atoms with E-state index < -0.39 is 5.91 Å². The molecule has 4 rings (SSSR count). The highest BCUT2D eigenvalue weighted by Gasteiger charge is 2.21. The number of hydrogen-bond donors (Lipinski definition) is 1. The second-order valence-electron chi connectivity index (χ2n) is 4.86. The topological polar surface area (TPSA) is 77.6 Å². The van der Waals surface area contributed by atoms with Crippen molar-refractivity contribution in [2.75, 3.05) is 6.61 Å². The van der Waals surface area contributed by atoms with Crippen LogP contribution in [-0.2, 0) is 0 Å². The lowest BCUT2D eigenvalue weighted by Gasteiger charge is -2.13. The smallest absolute Gasteiger partial charge is 0.259 e. The van der Waals surface area contributed by atoms with Gasteiger partial charge >= 0.3 is 0 Å². The summed E-state index contributed by atoms with van der Waals surface area (Å²) >= 11 is 2.82. The number of primary amides is 1. The highest BCUT2D eigenvalue weighted by atomic mass is 32.1. The molecular formula is C16H11N3O2S2. The third-order valence-corrected chi connectivity index (χ3v) is 5.26. The van der Waals surface area contributed by atoms with Crippen molar-refractivity contribution in [1.82, 2.24) is 4.98 Å². The van der Waals surface area contributed by atoms with Crippen molar-refractivity contribution in [2.45, 2.75) is 0 Å². The van der Waals surface area contributed by atoms with Gasteiger partial charge in [0.05, 0.1) is 0 Å². The van der Waals surface area contributed by atoms with Crippen LogP contribution in [-0.4, -0.2) is 23.7 Å². The number of fused-ring (bicyclic) bond motifs is 1. The Morgan fingerprint density at radius 3 is 3.00 bits per heavy atom. The quantitative estimate of drug-likeness (QED) is 0.788. The van der Waals surface area contributed by atoms with Crippen LogP contribution in [0.15, 0.2) is 40.1 Å². The molecule has 0 radical (unpaired) electrons. The molecule has 0 unspecified atom stereocenters. The average Bonchev–Trinajstić information content (AvgIpc) is 3.23. The predicted molar refractivity (Wildman–Crippen MR) is 93.0 cm³/mol. The van der Waals surface area contributed by atoms with E-state index >= 15 is 0 Å². The summed E-state index contributed by atoms with van der Waals surface area (Å²) in [6.45, 7) is 0.487. The van der Waals surface area contributed by atoms with Crippen LogP contribution in [0.2, 0.25) is 0 Å². The number of ether oxygens (including phenoxy) is 1. The van der Waals surface area contributed by atoms with Crippen molar-refractivity contribution >= 4 is 40.5 Å². The van der Waals surface area contributed by atoms with Crippen LogP contribution in [0.4, 0.5) is 5.69 Å². The minimum atomic E-state index is -0.439. The molecule has 5 nitrogen and oxygen atoms in total. The molecule has 1 aromatic carbocycles. The molecular weight excluding hydrogens is 330 g/mol. The van der Waals surface area contributed by atoms with Crippen molar-refractivity contribution in [2.24, 2.45) is 10.7 Å². The van der Waals surface area contributed by atoms with Gasteiger partial charge in [0, 0.05) is 34.3 Å². The summed E-state index contributed by atoms with van der Waals surface area (Å²) < 4.78 is 5.53. The van der Waals surface area contributed by atoms with E-state index in [-0.39, 0.29) is 0 Å². The number of thiophene rings is 1. The van der Waals surface area contributed by atoms with Gasteiger partial charge < -0.3 is 10.5 Å². The van der Waals surface area contributed by atoms with Crippen LogP contribution in [0.5, 0.6) is 5.75 Å². The molecule has 0 aliphatic carbocycles. The number of amides is 1. The van der Waals surface area contributed by atoms with Gasteiger partial charge in [-0.05, 0) is 17.7 Å². The fourth-order valence-corrected chi connectivity index (χ4v) is 4.18. The van der Waals surface area contributed by atoms with Crippen molar-refractivity contribution in [3.8, 4) is 27.4 Å². The summed E-state index contributed by atoms with van der Waals surface area (Å²) in [6.07, 6.45) is 3.45. The normalized spacial score (nSPS) is 12.7. The maximum Gasteiger partial charge on any atom is 0.259 e. The molecule has 3 heterocycles. The van der Waals surface area contributed by atoms with Gasteiger partial charge in [-0.3, -0.25) is 9.79 Å². The number of rotatable bonds is 3. The third-order valence-electron chi connectivity index (χ3n) is 3.47. The largest absolute Gasteiger partial charge is 0.486 e. The second kappa shape index (κ2) is 5.60. The lowest BCUT2D eigenvalue weighted by molar-refractivity contribution is 0.100. The first-order chi connectivity index (χ1) is 11.2. The average molecular weight is 341 g/mol. The van der Waals surface area contributed by atoms with Crippen molar-refractivity contribution < 1.29 is 9.53 Å². The summed E-state index contributed by atoms with van der Waals surface area (Å²) in [6, 6.07) is 5.81. The van der Waals surface area contributed by atoms with E-state index in [2.05, 4.69) is 9.98 Å². The van der Waals surface area contributed by atoms with Gasteiger partial charge in [0.15, 0.2) is 0 Å². The number of nitrogens with zero attached hydrogens (tertiary/aromatic N) is 2. The molecule has 0 atom stereocenters. The molecule has 0 fully saturated rings. The van der Waals surface area contributed by atoms with E-state index in [1.165, 1.54) is 22.7 Å². The molecule has 2 aromatic heterocycles. The lowest BCUT2D eigenvalue weighted by atomic mass is 10.0. The first kappa shape index (κ1) is 14.1. The van der Waals surface area contributed by atoms with Gasteiger partial charge in [0.2, 0.25) is 0 Å². The van der Waals surface area contributed by atoms with E-state index in [0.717, 1.165) is 33.1 Å². The highest BCUT2D eigenvalue weighted by molar-refractivity contribution is 7.15. The molecule has 1 aliphatic heterocycles. The molecule has 1 aliphatic rings. The first-order valence-electron chi connectivity index (χ1n) is 6.85. The van der Waals surface area contributed by atoms with Gasteiger partial charge in [-0.2, -0.15) is 0 Å². The van der Waals surface area contributed by atoms with Crippen LogP contribution in [0.25, 0.3) is 21.7 Å². The molecule has 1 amide bonds. The zero-order valence-electron chi connectivity index (χ0n) is 11.9. The van der Waals surface area contributed by atoms with Gasteiger partial charge in [0.1, 0.15) is 27.9 Å². The Balaban J connectivity index is 1.90. The molecule has 3 aromatic rings. The highest BCUT2D eigenvalue weighted by Crippen LogP contribution is 2.42. The van der Waals surface area contributed by atoms with Gasteiger partial charge in [-0.1, -0.05) is 6.07 Å². The Labute approximate surface area is 140 Å². The molecule has 114 valence electrons. The predicted octanol–water partition coefficient (Wildman–Crippen LogP) is 3.73. The summed E-state index contributed by atoms with van der Waals surface area (Å²) in [5.41, 5.74) is 8.99. The summed E-state index contributed by atoms with van der Waals surface area (Å²) in [7, 11) is 0. The van der Waals surface area contributed by atoms with E-state index in [1.807, 2.05) is 29.0 Å². The Morgan fingerprint density at radius 2 is 2.22 bits per heavy atom. The Kier molecular flexibility index (Phi) is 3.44. The monoisotopic (exact) mass is 341 g/mol. The van der Waals surface area contributed by atoms with Crippen LogP contribution >= 0.6 is 22.7 Å². The number of benzene rings is 1. The summed E-state index contributed by atoms with van der Waals surface area (Å²) in [4.78, 5) is 21.0. The molecule has 0 saturated carbocycles. The Morgan fingerprint density at radius 1 is 1.30 bits per heavy atom. The van der Waals surface area contributed by atoms with Crippen molar-refractivity contribution in [3.05, 3.63) is 40.0 Å². The van der Waals surface area contributed by atoms with Gasteiger partial charge in [-0.15, -0.1) is 22.7 Å². The second-order valence-corrected chi connectivity index (χ2v) is 6.63. The molecule has 7 heteroatoms. The van der Waals surface area contributed by atoms with Crippen LogP contribution in [0.1, 0.15) is 9.67 Å². The number of carbonyl (C=O) groups is 1. The minimum Gasteiger partial charge on any atom is -0.486 e. The fraction of sp³-hybridized carbons (Fsp3) is 0.0625. The lowest BCUT2D eigenvalue weighted by Crippen LogP contribution is -2.10. The standard InChI is InChI=1S/C16H11N3O2S2/c17-15(20)14-13(16-19-4-6-22-16)10(8-23-14)9-1-2-12-11(7-9)18-3-5-21-12/h1-4,6-8H,5H2,(H2,17,20). The number of thiazole rings is 1. The number of aliphatic imine (C=N–C) groups is 1. The van der Waals surface area contributed by atoms with Gasteiger partial charge in [-0.25, -0.2) is 4.98 Å². The Hall–Kier alpha value is -2.51. The van der Waals surface area contributed by atoms with Crippen molar-refractivity contribution in [3.63, 3.8) is 0 Å². The number of hydrogen-bond acceptors (Lipinski definition) is 6. The minimum absolute atomic E-state index is 0.439. The van der Waals surface area contributed by atoms with Gasteiger partial charge in [0.25, 0.3) is 5.91 Å².